The normalized spacial score (nSPS) is 18.3. The number of nitrogens with two attached hydrogens (primary N) is 1. The Labute approximate surface area is 194 Å². The van der Waals surface area contributed by atoms with E-state index < -0.39 is 34.4 Å². The molecule has 3 aromatic rings. The molecular formula is C24H24F2N4O2S. The number of halogens is 2. The first-order valence-electron chi connectivity index (χ1n) is 10.3. The van der Waals surface area contributed by atoms with E-state index in [0.29, 0.717) is 6.54 Å². The van der Waals surface area contributed by atoms with Crippen molar-refractivity contribution in [1.29, 1.82) is 0 Å². The third kappa shape index (κ3) is 5.09. The first-order chi connectivity index (χ1) is 15.6. The number of carbonyl (C=O) groups is 1. The Bertz CT molecular complexity index is 1170. The van der Waals surface area contributed by atoms with E-state index in [2.05, 4.69) is 10.4 Å². The lowest BCUT2D eigenvalue weighted by atomic mass is 9.96. The molecule has 2 unspecified atom stereocenters. The molecule has 2 heterocycles. The lowest BCUT2D eigenvalue weighted by molar-refractivity contribution is -0.120. The molecule has 1 aliphatic heterocycles. The van der Waals surface area contributed by atoms with Crippen LogP contribution in [-0.2, 0) is 16.9 Å². The maximum atomic E-state index is 14.8. The number of hydrogen-bond donors (Lipinski definition) is 3. The molecule has 1 amide bonds. The first-order valence-corrected chi connectivity index (χ1v) is 11.2. The molecule has 172 valence electrons. The van der Waals surface area contributed by atoms with Gasteiger partial charge in [0.05, 0.1) is 29.0 Å². The van der Waals surface area contributed by atoms with E-state index in [0.717, 1.165) is 35.1 Å². The summed E-state index contributed by atoms with van der Waals surface area (Å²) in [7, 11) is 0. The number of primary amides is 1. The third-order valence-electron chi connectivity index (χ3n) is 5.40. The zero-order valence-electron chi connectivity index (χ0n) is 18.1. The number of amides is 1. The Kier molecular flexibility index (Phi) is 6.27. The van der Waals surface area contributed by atoms with Crippen LogP contribution in [0.15, 0.2) is 60.9 Å². The minimum atomic E-state index is -1.39. The molecule has 1 aliphatic rings. The number of aromatic nitrogens is 2. The van der Waals surface area contributed by atoms with Crippen molar-refractivity contribution in [3.05, 3.63) is 89.3 Å². The van der Waals surface area contributed by atoms with Crippen LogP contribution in [0.5, 0.6) is 0 Å². The highest BCUT2D eigenvalue weighted by Crippen LogP contribution is 2.45. The van der Waals surface area contributed by atoms with Crippen molar-refractivity contribution in [2.45, 2.75) is 31.4 Å². The Morgan fingerprint density at radius 1 is 1.24 bits per heavy atom. The summed E-state index contributed by atoms with van der Waals surface area (Å²) in [5.41, 5.74) is 5.86. The largest absolute Gasteiger partial charge is 0.386 e. The fraction of sp³-hybridized carbons (Fsp3) is 0.250. The van der Waals surface area contributed by atoms with Crippen LogP contribution in [0.25, 0.3) is 4.91 Å². The third-order valence-corrected chi connectivity index (χ3v) is 6.66. The topological polar surface area (TPSA) is 93.2 Å². The Hall–Kier alpha value is -3.17. The van der Waals surface area contributed by atoms with Gasteiger partial charge in [-0.05, 0) is 55.3 Å². The first kappa shape index (κ1) is 23.0. The van der Waals surface area contributed by atoms with E-state index in [1.165, 1.54) is 19.9 Å². The van der Waals surface area contributed by atoms with E-state index in [4.69, 9.17) is 5.73 Å². The lowest BCUT2D eigenvalue weighted by Gasteiger charge is -2.20. The summed E-state index contributed by atoms with van der Waals surface area (Å²) in [4.78, 5) is 12.3. The van der Waals surface area contributed by atoms with Gasteiger partial charge in [0.2, 0.25) is 5.91 Å². The number of benzene rings is 2. The second-order valence-electron chi connectivity index (χ2n) is 8.42. The average Bonchev–Trinajstić information content (AvgIpc) is 3.38. The number of rotatable bonds is 7. The Morgan fingerprint density at radius 2 is 1.91 bits per heavy atom. The van der Waals surface area contributed by atoms with Crippen molar-refractivity contribution in [2.75, 3.05) is 5.32 Å². The second-order valence-corrected chi connectivity index (χ2v) is 9.60. The van der Waals surface area contributed by atoms with Gasteiger partial charge in [-0.1, -0.05) is 30.0 Å². The molecule has 0 aliphatic carbocycles. The van der Waals surface area contributed by atoms with Gasteiger partial charge in [-0.2, -0.15) is 5.10 Å². The van der Waals surface area contributed by atoms with Crippen LogP contribution < -0.4 is 11.1 Å². The quantitative estimate of drug-likeness (QED) is 0.484. The average molecular weight is 471 g/mol. The molecule has 2 aromatic carbocycles. The van der Waals surface area contributed by atoms with Gasteiger partial charge in [0.15, 0.2) is 0 Å². The van der Waals surface area contributed by atoms with E-state index in [1.54, 1.807) is 10.9 Å². The molecule has 0 fully saturated rings. The number of carbonyl (C=O) groups excluding carboxylic acids is 1. The van der Waals surface area contributed by atoms with E-state index >= 15 is 0 Å². The standard InChI is InChI=1S/C24H24F2N4O2S/c1-24(2,32)15-10-18(25)21(19(26)11-15)20-12-17(22(27)31)23(33-20)29-16-6-4-14(5-7-16)13-30-9-3-8-28-30/h3-12,17,23,29,32H,13H2,1-2H3,(H2,27,31). The molecule has 2 atom stereocenters. The van der Waals surface area contributed by atoms with Crippen LogP contribution in [0.3, 0.4) is 0 Å². The molecule has 9 heteroatoms. The summed E-state index contributed by atoms with van der Waals surface area (Å²) in [5, 5.41) is 17.0. The summed E-state index contributed by atoms with van der Waals surface area (Å²) in [6.45, 7) is 3.53. The molecule has 0 spiro atoms. The smallest absolute Gasteiger partial charge is 0.227 e. The number of anilines is 1. The molecule has 0 saturated heterocycles. The predicted octanol–water partition coefficient (Wildman–Crippen LogP) is 4.06. The lowest BCUT2D eigenvalue weighted by Crippen LogP contribution is -2.32. The fourth-order valence-corrected chi connectivity index (χ4v) is 4.97. The van der Waals surface area contributed by atoms with Crippen LogP contribution in [0.2, 0.25) is 0 Å². The van der Waals surface area contributed by atoms with Crippen LogP contribution >= 0.6 is 11.8 Å². The molecule has 4 rings (SSSR count). The van der Waals surface area contributed by atoms with Crippen LogP contribution in [-0.4, -0.2) is 26.2 Å². The summed E-state index contributed by atoms with van der Waals surface area (Å²) in [6.07, 6.45) is 5.08. The summed E-state index contributed by atoms with van der Waals surface area (Å²) >= 11 is 1.14. The fourth-order valence-electron chi connectivity index (χ4n) is 3.61. The van der Waals surface area contributed by atoms with Crippen LogP contribution in [0.1, 0.15) is 30.5 Å². The monoisotopic (exact) mass is 470 g/mol. The number of nitrogens with one attached hydrogen (secondary N) is 1. The van der Waals surface area contributed by atoms with Gasteiger partial charge in [0, 0.05) is 23.0 Å². The van der Waals surface area contributed by atoms with Crippen molar-refractivity contribution in [3.8, 4) is 0 Å². The van der Waals surface area contributed by atoms with Gasteiger partial charge in [-0.25, -0.2) is 8.78 Å². The highest BCUT2D eigenvalue weighted by molar-refractivity contribution is 8.09. The summed E-state index contributed by atoms with van der Waals surface area (Å²) in [5.74, 6) is -2.98. The van der Waals surface area contributed by atoms with Gasteiger partial charge in [-0.15, -0.1) is 0 Å². The van der Waals surface area contributed by atoms with Crippen LogP contribution in [0, 0.1) is 17.6 Å². The summed E-state index contributed by atoms with van der Waals surface area (Å²) < 4.78 is 31.5. The van der Waals surface area contributed by atoms with E-state index in [9.17, 15) is 18.7 Å². The zero-order valence-corrected chi connectivity index (χ0v) is 18.9. The molecule has 0 bridgehead atoms. The number of thioether (sulfide) groups is 1. The second kappa shape index (κ2) is 8.99. The zero-order chi connectivity index (χ0) is 23.8. The van der Waals surface area contributed by atoms with Crippen molar-refractivity contribution in [3.63, 3.8) is 0 Å². The minimum Gasteiger partial charge on any atom is -0.386 e. The van der Waals surface area contributed by atoms with Gasteiger partial charge in [0.1, 0.15) is 11.6 Å². The SMILES string of the molecule is CC(C)(O)c1cc(F)c(C2=CC(C(N)=O)C(Nc3ccc(Cn4cccn4)cc3)S2)c(F)c1. The van der Waals surface area contributed by atoms with Crippen molar-refractivity contribution in [2.24, 2.45) is 11.7 Å². The van der Waals surface area contributed by atoms with Gasteiger partial charge in [0.25, 0.3) is 0 Å². The molecular weight excluding hydrogens is 446 g/mol. The summed E-state index contributed by atoms with van der Waals surface area (Å²) in [6, 6.07) is 11.7. The van der Waals surface area contributed by atoms with Gasteiger partial charge >= 0.3 is 0 Å². The maximum absolute atomic E-state index is 14.8. The number of hydrogen-bond acceptors (Lipinski definition) is 5. The molecule has 6 nitrogen and oxygen atoms in total. The molecule has 33 heavy (non-hydrogen) atoms. The maximum Gasteiger partial charge on any atom is 0.227 e. The highest BCUT2D eigenvalue weighted by atomic mass is 32.2. The van der Waals surface area contributed by atoms with Crippen LogP contribution in [0.4, 0.5) is 14.5 Å². The van der Waals surface area contributed by atoms with Gasteiger partial charge < -0.3 is 16.2 Å². The number of aliphatic hydroxyl groups is 1. The highest BCUT2D eigenvalue weighted by Gasteiger charge is 2.35. The molecule has 1 aromatic heterocycles. The van der Waals surface area contributed by atoms with Gasteiger partial charge in [-0.3, -0.25) is 9.48 Å². The number of nitrogens with zero attached hydrogens (tertiary/aromatic N) is 2. The van der Waals surface area contributed by atoms with Crippen molar-refractivity contribution >= 4 is 28.3 Å². The van der Waals surface area contributed by atoms with Crippen molar-refractivity contribution < 1.29 is 18.7 Å². The molecule has 0 saturated carbocycles. The Balaban J connectivity index is 1.53. The van der Waals surface area contributed by atoms with Crippen molar-refractivity contribution in [1.82, 2.24) is 9.78 Å². The Morgan fingerprint density at radius 3 is 2.45 bits per heavy atom. The predicted molar refractivity (Wildman–Crippen MR) is 125 cm³/mol. The van der Waals surface area contributed by atoms with E-state index in [1.807, 2.05) is 36.5 Å². The molecule has 0 radical (unpaired) electrons. The molecule has 4 N–H and O–H groups in total. The van der Waals surface area contributed by atoms with E-state index in [-0.39, 0.29) is 16.0 Å². The minimum absolute atomic E-state index is 0.126.